The molecule has 18 heavy (non-hydrogen) atoms. The van der Waals surface area contributed by atoms with Gasteiger partial charge in [-0.3, -0.25) is 14.9 Å². The second-order valence-electron chi connectivity index (χ2n) is 3.52. The van der Waals surface area contributed by atoms with Crippen LogP contribution in [0.4, 0.5) is 5.69 Å². The predicted molar refractivity (Wildman–Crippen MR) is 64.5 cm³/mol. The third-order valence-electron chi connectivity index (χ3n) is 2.36. The third-order valence-corrected chi connectivity index (χ3v) is 2.63. The summed E-state index contributed by atoms with van der Waals surface area (Å²) in [6, 6.07) is 0.757. The number of aliphatic hydroxyl groups is 1. The highest BCUT2D eigenvalue weighted by molar-refractivity contribution is 6.32. The maximum atomic E-state index is 11.8. The van der Waals surface area contributed by atoms with E-state index < -0.39 is 22.6 Å². The zero-order valence-electron chi connectivity index (χ0n) is 9.59. The summed E-state index contributed by atoms with van der Waals surface area (Å²) in [6.07, 6.45) is 1.72. The van der Waals surface area contributed by atoms with E-state index in [9.17, 15) is 14.9 Å². The van der Waals surface area contributed by atoms with E-state index in [-0.39, 0.29) is 17.3 Å². The van der Waals surface area contributed by atoms with Gasteiger partial charge in [0.05, 0.1) is 17.6 Å². The zero-order chi connectivity index (χ0) is 13.7. The molecule has 0 aliphatic rings. The topological polar surface area (TPSA) is 105 Å². The Morgan fingerprint density at radius 3 is 2.89 bits per heavy atom. The number of halogens is 1. The van der Waals surface area contributed by atoms with Gasteiger partial charge in [-0.15, -0.1) is 0 Å². The molecule has 1 heterocycles. The van der Waals surface area contributed by atoms with Gasteiger partial charge in [0.1, 0.15) is 5.56 Å². The van der Waals surface area contributed by atoms with E-state index >= 15 is 0 Å². The molecule has 1 atom stereocenters. The van der Waals surface area contributed by atoms with Crippen molar-refractivity contribution < 1.29 is 14.8 Å². The molecular formula is C10H12ClN3O4. The van der Waals surface area contributed by atoms with Crippen LogP contribution in [0.3, 0.4) is 0 Å². The van der Waals surface area contributed by atoms with Gasteiger partial charge in [-0.25, -0.2) is 4.98 Å². The van der Waals surface area contributed by atoms with Gasteiger partial charge in [0, 0.05) is 6.20 Å². The van der Waals surface area contributed by atoms with Gasteiger partial charge in [0.25, 0.3) is 5.91 Å². The summed E-state index contributed by atoms with van der Waals surface area (Å²) in [6.45, 7) is 1.53. The number of amides is 1. The standard InChI is InChI=1S/C10H12ClN3O4/c1-2-6(5-15)13-10(16)7-3-4-12-9(11)8(7)14(17)18/h3-4,6,15H,2,5H2,1H3,(H,13,16). The zero-order valence-corrected chi connectivity index (χ0v) is 10.3. The van der Waals surface area contributed by atoms with E-state index in [0.29, 0.717) is 6.42 Å². The second kappa shape index (κ2) is 6.27. The lowest BCUT2D eigenvalue weighted by Gasteiger charge is -2.13. The summed E-state index contributed by atoms with van der Waals surface area (Å²) >= 11 is 5.59. The molecular weight excluding hydrogens is 262 g/mol. The summed E-state index contributed by atoms with van der Waals surface area (Å²) in [5.41, 5.74) is -0.712. The minimum atomic E-state index is -0.760. The SMILES string of the molecule is CCC(CO)NC(=O)c1ccnc(Cl)c1[N+](=O)[O-]. The molecule has 98 valence electrons. The number of carbonyl (C=O) groups is 1. The number of nitrogens with one attached hydrogen (secondary N) is 1. The van der Waals surface area contributed by atoms with Crippen LogP contribution in [-0.2, 0) is 0 Å². The van der Waals surface area contributed by atoms with Gasteiger partial charge in [-0.1, -0.05) is 18.5 Å². The predicted octanol–water partition coefficient (Wildman–Crippen LogP) is 1.14. The van der Waals surface area contributed by atoms with Crippen molar-refractivity contribution in [2.45, 2.75) is 19.4 Å². The number of hydrogen-bond acceptors (Lipinski definition) is 5. The van der Waals surface area contributed by atoms with Gasteiger partial charge < -0.3 is 10.4 Å². The number of pyridine rings is 1. The first-order valence-corrected chi connectivity index (χ1v) is 5.59. The largest absolute Gasteiger partial charge is 0.394 e. The number of aromatic nitrogens is 1. The maximum absolute atomic E-state index is 11.8. The van der Waals surface area contributed by atoms with Crippen molar-refractivity contribution in [1.82, 2.24) is 10.3 Å². The van der Waals surface area contributed by atoms with Crippen molar-refractivity contribution in [1.29, 1.82) is 0 Å². The summed E-state index contributed by atoms with van der Waals surface area (Å²) in [5.74, 6) is -0.660. The number of nitrogens with zero attached hydrogens (tertiary/aromatic N) is 2. The summed E-state index contributed by atoms with van der Waals surface area (Å²) < 4.78 is 0. The van der Waals surface area contributed by atoms with Crippen LogP contribution in [0.15, 0.2) is 12.3 Å². The molecule has 0 saturated carbocycles. The van der Waals surface area contributed by atoms with E-state index in [4.69, 9.17) is 16.7 Å². The molecule has 1 rings (SSSR count). The molecule has 0 aromatic carbocycles. The fraction of sp³-hybridized carbons (Fsp3) is 0.400. The minimum absolute atomic E-state index is 0.174. The average Bonchev–Trinajstić information content (AvgIpc) is 2.34. The van der Waals surface area contributed by atoms with Crippen molar-refractivity contribution >= 4 is 23.2 Å². The molecule has 0 aliphatic carbocycles. The first kappa shape index (κ1) is 14.3. The van der Waals surface area contributed by atoms with Crippen LogP contribution in [0, 0.1) is 10.1 Å². The number of carbonyl (C=O) groups excluding carboxylic acids is 1. The maximum Gasteiger partial charge on any atom is 0.319 e. The molecule has 0 radical (unpaired) electrons. The lowest BCUT2D eigenvalue weighted by atomic mass is 10.2. The molecule has 0 aliphatic heterocycles. The lowest BCUT2D eigenvalue weighted by molar-refractivity contribution is -0.385. The molecule has 2 N–H and O–H groups in total. The Kier molecular flexibility index (Phi) is 4.99. The molecule has 0 spiro atoms. The van der Waals surface area contributed by atoms with Gasteiger partial charge >= 0.3 is 5.69 Å². The van der Waals surface area contributed by atoms with Crippen molar-refractivity contribution in [3.8, 4) is 0 Å². The van der Waals surface area contributed by atoms with Crippen LogP contribution >= 0.6 is 11.6 Å². The highest BCUT2D eigenvalue weighted by atomic mass is 35.5. The molecule has 1 amide bonds. The minimum Gasteiger partial charge on any atom is -0.394 e. The van der Waals surface area contributed by atoms with Crippen LogP contribution in [0.2, 0.25) is 5.15 Å². The van der Waals surface area contributed by atoms with Crippen LogP contribution in [-0.4, -0.2) is 33.6 Å². The van der Waals surface area contributed by atoms with Gasteiger partial charge in [-0.2, -0.15) is 0 Å². The molecule has 0 bridgehead atoms. The Bertz CT molecular complexity index is 462. The Labute approximate surface area is 108 Å². The summed E-state index contributed by atoms with van der Waals surface area (Å²) in [7, 11) is 0. The fourth-order valence-corrected chi connectivity index (χ4v) is 1.55. The quantitative estimate of drug-likeness (QED) is 0.475. The molecule has 8 heteroatoms. The lowest BCUT2D eigenvalue weighted by Crippen LogP contribution is -2.37. The van der Waals surface area contributed by atoms with Crippen LogP contribution in [0.5, 0.6) is 0 Å². The average molecular weight is 274 g/mol. The summed E-state index contributed by atoms with van der Waals surface area (Å²) in [5, 5.41) is 21.9. The van der Waals surface area contributed by atoms with E-state index in [1.54, 1.807) is 6.92 Å². The summed E-state index contributed by atoms with van der Waals surface area (Å²) in [4.78, 5) is 25.5. The number of aliphatic hydroxyl groups excluding tert-OH is 1. The fourth-order valence-electron chi connectivity index (χ4n) is 1.33. The Morgan fingerprint density at radius 2 is 2.39 bits per heavy atom. The Morgan fingerprint density at radius 1 is 1.72 bits per heavy atom. The molecule has 1 unspecified atom stereocenters. The van der Waals surface area contributed by atoms with E-state index in [2.05, 4.69) is 10.3 Å². The first-order valence-electron chi connectivity index (χ1n) is 5.21. The smallest absolute Gasteiger partial charge is 0.319 e. The van der Waals surface area contributed by atoms with Gasteiger partial charge in [0.2, 0.25) is 5.15 Å². The highest BCUT2D eigenvalue weighted by Crippen LogP contribution is 2.25. The van der Waals surface area contributed by atoms with E-state index in [1.807, 2.05) is 0 Å². The number of nitro groups is 1. The Hall–Kier alpha value is -1.73. The molecule has 1 aromatic rings. The molecule has 7 nitrogen and oxygen atoms in total. The van der Waals surface area contributed by atoms with Crippen molar-refractivity contribution in [2.24, 2.45) is 0 Å². The third kappa shape index (κ3) is 3.14. The number of hydrogen-bond donors (Lipinski definition) is 2. The molecule has 1 aromatic heterocycles. The van der Waals surface area contributed by atoms with Gasteiger partial charge in [-0.05, 0) is 12.5 Å². The van der Waals surface area contributed by atoms with Crippen molar-refractivity contribution in [2.75, 3.05) is 6.61 Å². The number of rotatable bonds is 5. The van der Waals surface area contributed by atoms with E-state index in [0.717, 1.165) is 0 Å². The van der Waals surface area contributed by atoms with Crippen LogP contribution in [0.25, 0.3) is 0 Å². The van der Waals surface area contributed by atoms with E-state index in [1.165, 1.54) is 12.3 Å². The van der Waals surface area contributed by atoms with Crippen LogP contribution < -0.4 is 5.32 Å². The van der Waals surface area contributed by atoms with Gasteiger partial charge in [0.15, 0.2) is 0 Å². The van der Waals surface area contributed by atoms with Crippen LogP contribution in [0.1, 0.15) is 23.7 Å². The highest BCUT2D eigenvalue weighted by Gasteiger charge is 2.25. The normalized spacial score (nSPS) is 11.9. The Balaban J connectivity index is 3.06. The van der Waals surface area contributed by atoms with Crippen molar-refractivity contribution in [3.63, 3.8) is 0 Å². The first-order chi connectivity index (χ1) is 8.51. The second-order valence-corrected chi connectivity index (χ2v) is 3.87. The molecule has 0 saturated heterocycles. The monoisotopic (exact) mass is 273 g/mol. The van der Waals surface area contributed by atoms with Crippen molar-refractivity contribution in [3.05, 3.63) is 33.1 Å². The molecule has 0 fully saturated rings.